The molecular formula is C54H92O22. The summed E-state index contributed by atoms with van der Waals surface area (Å²) in [5.74, 6) is 0.631. The van der Waals surface area contributed by atoms with Crippen molar-refractivity contribution in [1.29, 1.82) is 0 Å². The molecular weight excluding hydrogens is 1000 g/mol. The normalized spacial score (nSPS) is 50.5. The molecule has 4 aliphatic heterocycles. The molecule has 22 nitrogen and oxygen atoms in total. The van der Waals surface area contributed by atoms with Gasteiger partial charge in [-0.3, -0.25) is 0 Å². The van der Waals surface area contributed by atoms with E-state index in [9.17, 15) is 71.5 Å². The molecule has 4 saturated heterocycles. The highest BCUT2D eigenvalue weighted by atomic mass is 16.8. The second-order valence-corrected chi connectivity index (χ2v) is 25.7. The van der Waals surface area contributed by atoms with Gasteiger partial charge in [0.05, 0.1) is 62.5 Å². The third-order valence-corrected chi connectivity index (χ3v) is 20.5. The van der Waals surface area contributed by atoms with Crippen molar-refractivity contribution in [1.82, 2.24) is 0 Å². The maximum atomic E-state index is 12.5. The molecule has 3 saturated carbocycles. The average Bonchev–Trinajstić information content (AvgIpc) is 3.86. The third-order valence-electron chi connectivity index (χ3n) is 20.5. The van der Waals surface area contributed by atoms with Gasteiger partial charge < -0.3 is 109 Å². The molecule has 0 spiro atoms. The predicted octanol–water partition coefficient (Wildman–Crippen LogP) is -1.17. The number of ether oxygens (including phenoxy) is 8. The van der Waals surface area contributed by atoms with Gasteiger partial charge in [0, 0.05) is 23.7 Å². The van der Waals surface area contributed by atoms with E-state index in [1.54, 1.807) is 13.8 Å². The van der Waals surface area contributed by atoms with E-state index in [1.165, 1.54) is 5.57 Å². The van der Waals surface area contributed by atoms with Crippen LogP contribution in [0.3, 0.4) is 0 Å². The van der Waals surface area contributed by atoms with Crippen LogP contribution in [0, 0.1) is 45.3 Å². The predicted molar refractivity (Wildman–Crippen MR) is 265 cm³/mol. The van der Waals surface area contributed by atoms with Gasteiger partial charge >= 0.3 is 0 Å². The third kappa shape index (κ3) is 11.0. The van der Waals surface area contributed by atoms with Crippen LogP contribution in [0.1, 0.15) is 120 Å². The minimum absolute atomic E-state index is 0.0405. The lowest BCUT2D eigenvalue weighted by molar-refractivity contribution is -0.390. The van der Waals surface area contributed by atoms with Gasteiger partial charge in [0.2, 0.25) is 0 Å². The Bertz CT molecular complexity index is 1950. The molecule has 0 aromatic heterocycles. The van der Waals surface area contributed by atoms with Crippen LogP contribution in [0.25, 0.3) is 0 Å². The van der Waals surface area contributed by atoms with Crippen LogP contribution in [0.15, 0.2) is 11.6 Å². The molecule has 28 atom stereocenters. The molecule has 3 unspecified atom stereocenters. The fourth-order valence-corrected chi connectivity index (χ4v) is 15.5. The second-order valence-electron chi connectivity index (χ2n) is 25.7. The quantitative estimate of drug-likeness (QED) is 0.0763. The smallest absolute Gasteiger partial charge is 0.187 e. The van der Waals surface area contributed by atoms with Gasteiger partial charge in [-0.2, -0.15) is 0 Å². The van der Waals surface area contributed by atoms with E-state index < -0.39 is 154 Å². The van der Waals surface area contributed by atoms with Crippen molar-refractivity contribution in [3.05, 3.63) is 11.6 Å². The Morgan fingerprint density at radius 3 is 1.89 bits per heavy atom. The molecule has 22 heteroatoms. The number of aliphatic hydroxyl groups is 14. The first-order chi connectivity index (χ1) is 35.6. The zero-order chi connectivity index (χ0) is 55.8. The Kier molecular flexibility index (Phi) is 18.6. The lowest BCUT2D eigenvalue weighted by atomic mass is 9.38. The highest BCUT2D eigenvalue weighted by Crippen LogP contribution is 2.75. The van der Waals surface area contributed by atoms with Crippen molar-refractivity contribution in [2.45, 2.75) is 254 Å². The molecule has 76 heavy (non-hydrogen) atoms. The van der Waals surface area contributed by atoms with Gasteiger partial charge in [-0.15, -0.1) is 0 Å². The summed E-state index contributed by atoms with van der Waals surface area (Å²) in [5, 5.41) is 153. The van der Waals surface area contributed by atoms with Gasteiger partial charge in [0.1, 0.15) is 73.2 Å². The van der Waals surface area contributed by atoms with Crippen molar-refractivity contribution in [3.63, 3.8) is 0 Å². The van der Waals surface area contributed by atoms with Crippen LogP contribution in [-0.4, -0.2) is 232 Å². The fourth-order valence-electron chi connectivity index (χ4n) is 15.5. The van der Waals surface area contributed by atoms with E-state index >= 15 is 0 Å². The summed E-state index contributed by atoms with van der Waals surface area (Å²) in [4.78, 5) is 0. The Labute approximate surface area is 445 Å². The van der Waals surface area contributed by atoms with E-state index in [0.29, 0.717) is 19.3 Å². The standard InChI is InChI=1S/C54H92O22/c1-24(27-15-16-52(6)33-12-10-28-29(11-13-34(59)50(28,2)3)54(33,8)35(60)19-53(27,52)7)9-14-36(51(4,5)68)74-49-46(41(64)39(62)32(73-49)23-69-37-18-25(58)17-26(20-55)70-37)76-48-44(67)42(65)45(31(22-57)72-48)75-47-43(66)40(63)38(61)30(21-56)71-47/h10,24-27,29-49,55-68H,9,11-23H2,1-8H3/t24-,25+,26+,27?,29?,30+,31+,32-,33?,34+,35-,36-,37+,38+,39-,40-,41+,42+,43+,44+,45+,46-,47+,48-,49+,52+,53-,54+/m1/s1. The van der Waals surface area contributed by atoms with Gasteiger partial charge in [-0.1, -0.05) is 53.2 Å². The van der Waals surface area contributed by atoms with Crippen molar-refractivity contribution in [2.24, 2.45) is 45.3 Å². The minimum atomic E-state index is -2.03. The molecule has 0 aromatic rings. The van der Waals surface area contributed by atoms with Crippen molar-refractivity contribution in [2.75, 3.05) is 26.4 Å². The van der Waals surface area contributed by atoms with Crippen LogP contribution in [0.2, 0.25) is 0 Å². The first-order valence-electron chi connectivity index (χ1n) is 27.8. The van der Waals surface area contributed by atoms with Crippen LogP contribution >= 0.6 is 0 Å². The largest absolute Gasteiger partial charge is 0.394 e. The lowest BCUT2D eigenvalue weighted by Crippen LogP contribution is -2.67. The number of aliphatic hydroxyl groups excluding tert-OH is 13. The van der Waals surface area contributed by atoms with E-state index in [4.69, 9.17) is 37.9 Å². The van der Waals surface area contributed by atoms with Gasteiger partial charge in [0.25, 0.3) is 0 Å². The summed E-state index contributed by atoms with van der Waals surface area (Å²) in [6, 6.07) is 0. The highest BCUT2D eigenvalue weighted by molar-refractivity contribution is 5.31. The zero-order valence-corrected chi connectivity index (χ0v) is 45.4. The topological polar surface area (TPSA) is 357 Å². The molecule has 0 bridgehead atoms. The molecule has 4 aliphatic carbocycles. The molecule has 0 aromatic carbocycles. The monoisotopic (exact) mass is 1090 g/mol. The maximum Gasteiger partial charge on any atom is 0.187 e. The van der Waals surface area contributed by atoms with Crippen LogP contribution in [0.4, 0.5) is 0 Å². The molecule has 7 fully saturated rings. The minimum Gasteiger partial charge on any atom is -0.394 e. The van der Waals surface area contributed by atoms with E-state index in [0.717, 1.165) is 25.7 Å². The number of rotatable bonds is 17. The second kappa shape index (κ2) is 23.3. The summed E-state index contributed by atoms with van der Waals surface area (Å²) >= 11 is 0. The summed E-state index contributed by atoms with van der Waals surface area (Å²) in [6.07, 6.45) is -22.5. The first kappa shape index (κ1) is 60.9. The molecule has 8 aliphatic rings. The van der Waals surface area contributed by atoms with E-state index in [1.807, 2.05) is 0 Å². The molecule has 8 rings (SSSR count). The number of hydrogen-bond donors (Lipinski definition) is 14. The lowest BCUT2D eigenvalue weighted by Gasteiger charge is -2.67. The average molecular weight is 1090 g/mol. The highest BCUT2D eigenvalue weighted by Gasteiger charge is 2.70. The molecule has 4 heterocycles. The van der Waals surface area contributed by atoms with Crippen molar-refractivity contribution >= 4 is 0 Å². The van der Waals surface area contributed by atoms with Crippen molar-refractivity contribution in [3.8, 4) is 0 Å². The van der Waals surface area contributed by atoms with Crippen LogP contribution < -0.4 is 0 Å². The SMILES string of the molecule is C[C@H](CC[C@@H](O[C@@H]1O[C@H](CO[C@@H]2C[C@@H](O)C[C@@H](CO)O2)[C@@H](O)[C@H](O)[C@H]1O[C@H]1O[C@@H](CO)[C@H](O[C@@H]2O[C@@H](CO)[C@H](O)[C@@H](O)[C@@H]2O)[C@@H](O)[C@@H]1O)C(C)(C)O)C1CC[C@@]2(C)C3CC=C4C(CC[C@H](O)C4(C)C)[C@]3(C)[C@H](O)C[C@]12C. The molecule has 0 radical (unpaired) electrons. The Morgan fingerprint density at radius 1 is 0.645 bits per heavy atom. The Morgan fingerprint density at radius 2 is 1.25 bits per heavy atom. The summed E-state index contributed by atoms with van der Waals surface area (Å²) in [5.41, 5.74) is -1.39. The van der Waals surface area contributed by atoms with Crippen LogP contribution in [0.5, 0.6) is 0 Å². The van der Waals surface area contributed by atoms with E-state index in [-0.39, 0.29) is 71.2 Å². The molecule has 0 amide bonds. The first-order valence-corrected chi connectivity index (χ1v) is 27.8. The van der Waals surface area contributed by atoms with Gasteiger partial charge in [-0.25, -0.2) is 0 Å². The summed E-state index contributed by atoms with van der Waals surface area (Å²) in [7, 11) is 0. The Hall–Kier alpha value is -1.14. The van der Waals surface area contributed by atoms with Crippen molar-refractivity contribution < 1.29 is 109 Å². The van der Waals surface area contributed by atoms with Crippen LogP contribution in [-0.2, 0) is 37.9 Å². The number of hydrogen-bond acceptors (Lipinski definition) is 22. The van der Waals surface area contributed by atoms with Gasteiger partial charge in [0.15, 0.2) is 25.2 Å². The number of fused-ring (bicyclic) bond motifs is 5. The van der Waals surface area contributed by atoms with Gasteiger partial charge in [-0.05, 0) is 99.7 Å². The summed E-state index contributed by atoms with van der Waals surface area (Å²) in [6.45, 7) is 14.1. The fraction of sp³-hybridized carbons (Fsp3) is 0.963. The molecule has 14 N–H and O–H groups in total. The summed E-state index contributed by atoms with van der Waals surface area (Å²) < 4.78 is 47.9. The number of allylic oxidation sites excluding steroid dienone is 1. The Balaban J connectivity index is 1.00. The zero-order valence-electron chi connectivity index (χ0n) is 45.4. The molecule has 440 valence electrons. The maximum absolute atomic E-state index is 12.5. The van der Waals surface area contributed by atoms with E-state index in [2.05, 4.69) is 47.6 Å².